The molecule has 0 unspecified atom stereocenters. The van der Waals surface area contributed by atoms with Crippen LogP contribution in [0.1, 0.15) is 25.8 Å². The van der Waals surface area contributed by atoms with E-state index < -0.39 is 0 Å². The van der Waals surface area contributed by atoms with Gasteiger partial charge in [-0.25, -0.2) is 0 Å². The summed E-state index contributed by atoms with van der Waals surface area (Å²) >= 11 is 12.5. The van der Waals surface area contributed by atoms with Crippen molar-refractivity contribution < 1.29 is 5.11 Å². The Bertz CT molecular complexity index is 862. The van der Waals surface area contributed by atoms with Gasteiger partial charge in [-0.15, -0.1) is 0 Å². The number of likely N-dealkylation sites (tertiary alicyclic amines) is 1. The second-order valence-electron chi connectivity index (χ2n) is 6.92. The van der Waals surface area contributed by atoms with Crippen LogP contribution < -0.4 is 0 Å². The van der Waals surface area contributed by atoms with Crippen LogP contribution in [0.25, 0.3) is 21.8 Å². The highest BCUT2D eigenvalue weighted by Crippen LogP contribution is 2.37. The van der Waals surface area contributed by atoms with E-state index in [0.29, 0.717) is 10.0 Å². The molecule has 132 valence electrons. The second-order valence-corrected chi connectivity index (χ2v) is 7.79. The molecule has 1 aliphatic heterocycles. The van der Waals surface area contributed by atoms with E-state index in [1.807, 2.05) is 24.3 Å². The van der Waals surface area contributed by atoms with Gasteiger partial charge in [0.05, 0.1) is 12.1 Å². The lowest BCUT2D eigenvalue weighted by Gasteiger charge is -2.37. The van der Waals surface area contributed by atoms with Gasteiger partial charge in [-0.1, -0.05) is 30.1 Å². The van der Waals surface area contributed by atoms with Crippen LogP contribution >= 0.6 is 23.2 Å². The minimum atomic E-state index is -0.349. The first-order valence-electron chi connectivity index (χ1n) is 8.87. The molecule has 1 saturated heterocycles. The molecule has 0 saturated carbocycles. The number of benzene rings is 2. The number of hydrogen-bond acceptors (Lipinski definition) is 2. The summed E-state index contributed by atoms with van der Waals surface area (Å²) in [6, 6.07) is 12.0. The molecule has 2 atom stereocenters. The van der Waals surface area contributed by atoms with Crippen LogP contribution in [0.15, 0.2) is 36.4 Å². The van der Waals surface area contributed by atoms with Gasteiger partial charge in [0, 0.05) is 44.9 Å². The van der Waals surface area contributed by atoms with E-state index in [4.69, 9.17) is 23.2 Å². The number of fused-ring (bicyclic) bond motifs is 3. The summed E-state index contributed by atoms with van der Waals surface area (Å²) in [5.41, 5.74) is 2.20. The van der Waals surface area contributed by atoms with Gasteiger partial charge in [-0.3, -0.25) is 0 Å². The minimum Gasteiger partial charge on any atom is -0.391 e. The van der Waals surface area contributed by atoms with Gasteiger partial charge in [0.2, 0.25) is 0 Å². The Hall–Kier alpha value is -1.26. The smallest absolute Gasteiger partial charge is 0.0772 e. The topological polar surface area (TPSA) is 28.4 Å². The summed E-state index contributed by atoms with van der Waals surface area (Å²) < 4.78 is 2.28. The Morgan fingerprint density at radius 3 is 2.20 bits per heavy atom. The first-order valence-corrected chi connectivity index (χ1v) is 9.63. The van der Waals surface area contributed by atoms with Gasteiger partial charge < -0.3 is 14.6 Å². The summed E-state index contributed by atoms with van der Waals surface area (Å²) in [6.07, 6.45) is 1.58. The van der Waals surface area contributed by atoms with E-state index in [-0.39, 0.29) is 12.1 Å². The fourth-order valence-electron chi connectivity index (χ4n) is 4.11. The van der Waals surface area contributed by atoms with Crippen LogP contribution in [0.5, 0.6) is 0 Å². The zero-order valence-corrected chi connectivity index (χ0v) is 15.8. The zero-order valence-electron chi connectivity index (χ0n) is 14.3. The van der Waals surface area contributed by atoms with Crippen molar-refractivity contribution in [3.05, 3.63) is 46.4 Å². The van der Waals surface area contributed by atoms with E-state index in [1.54, 1.807) is 0 Å². The minimum absolute atomic E-state index is 0.0302. The SMILES string of the molecule is CCCN1CC[C@@H](O)[C@H](n2c3ccc(Cl)cc3c3cc(Cl)ccc32)C1. The van der Waals surface area contributed by atoms with Crippen molar-refractivity contribution in [2.75, 3.05) is 19.6 Å². The third-order valence-corrected chi connectivity index (χ3v) is 5.70. The predicted octanol–water partition coefficient (Wildman–Crippen LogP) is 5.12. The molecule has 3 aromatic rings. The predicted molar refractivity (Wildman–Crippen MR) is 106 cm³/mol. The molecule has 2 aromatic carbocycles. The molecule has 2 heterocycles. The number of rotatable bonds is 3. The zero-order chi connectivity index (χ0) is 17.6. The summed E-state index contributed by atoms with van der Waals surface area (Å²) in [6.45, 7) is 5.09. The fraction of sp³-hybridized carbons (Fsp3) is 0.400. The third kappa shape index (κ3) is 3.04. The number of piperidine rings is 1. The molecule has 0 radical (unpaired) electrons. The third-order valence-electron chi connectivity index (χ3n) is 5.23. The molecule has 1 aliphatic rings. The van der Waals surface area contributed by atoms with Gasteiger partial charge in [0.15, 0.2) is 0 Å². The van der Waals surface area contributed by atoms with Gasteiger partial charge in [0.1, 0.15) is 0 Å². The van der Waals surface area contributed by atoms with Crippen molar-refractivity contribution >= 4 is 45.0 Å². The lowest BCUT2D eigenvalue weighted by Crippen LogP contribution is -2.44. The first kappa shape index (κ1) is 17.2. The van der Waals surface area contributed by atoms with E-state index in [0.717, 1.165) is 54.3 Å². The van der Waals surface area contributed by atoms with Crippen molar-refractivity contribution in [1.82, 2.24) is 9.47 Å². The van der Waals surface area contributed by atoms with Crippen LogP contribution in [-0.2, 0) is 0 Å². The molecule has 4 rings (SSSR count). The molecule has 0 bridgehead atoms. The van der Waals surface area contributed by atoms with Crippen molar-refractivity contribution in [1.29, 1.82) is 0 Å². The Labute approximate surface area is 157 Å². The molecule has 0 spiro atoms. The molecule has 0 amide bonds. The van der Waals surface area contributed by atoms with Crippen LogP contribution in [0.4, 0.5) is 0 Å². The number of aliphatic hydroxyl groups is 1. The van der Waals surface area contributed by atoms with Crippen LogP contribution in [0, 0.1) is 0 Å². The molecule has 1 N–H and O–H groups in total. The average Bonchev–Trinajstić information content (AvgIpc) is 2.90. The lowest BCUT2D eigenvalue weighted by atomic mass is 10.0. The van der Waals surface area contributed by atoms with Gasteiger partial charge in [-0.2, -0.15) is 0 Å². The quantitative estimate of drug-likeness (QED) is 0.686. The molecule has 25 heavy (non-hydrogen) atoms. The first-order chi connectivity index (χ1) is 12.1. The Kier molecular flexibility index (Phi) is 4.67. The van der Waals surface area contributed by atoms with E-state index in [2.05, 4.69) is 28.5 Å². The van der Waals surface area contributed by atoms with Crippen molar-refractivity contribution in [3.8, 4) is 0 Å². The summed E-state index contributed by atoms with van der Waals surface area (Å²) in [5.74, 6) is 0. The second kappa shape index (κ2) is 6.81. The number of nitrogens with zero attached hydrogens (tertiary/aromatic N) is 2. The largest absolute Gasteiger partial charge is 0.391 e. The fourth-order valence-corrected chi connectivity index (χ4v) is 4.46. The van der Waals surface area contributed by atoms with Crippen molar-refractivity contribution in [3.63, 3.8) is 0 Å². The van der Waals surface area contributed by atoms with E-state index >= 15 is 0 Å². The Morgan fingerprint density at radius 2 is 1.64 bits per heavy atom. The van der Waals surface area contributed by atoms with Crippen LogP contribution in [0.3, 0.4) is 0 Å². The molecule has 0 aliphatic carbocycles. The molecule has 5 heteroatoms. The molecule has 1 aromatic heterocycles. The van der Waals surface area contributed by atoms with Gasteiger partial charge >= 0.3 is 0 Å². The highest BCUT2D eigenvalue weighted by molar-refractivity contribution is 6.33. The molecule has 1 fully saturated rings. The average molecular weight is 377 g/mol. The number of aliphatic hydroxyl groups excluding tert-OH is 1. The number of halogens is 2. The van der Waals surface area contributed by atoms with Crippen molar-refractivity contribution in [2.45, 2.75) is 31.9 Å². The van der Waals surface area contributed by atoms with Gasteiger partial charge in [-0.05, 0) is 55.8 Å². The van der Waals surface area contributed by atoms with E-state index in [1.165, 1.54) is 0 Å². The van der Waals surface area contributed by atoms with Crippen LogP contribution in [0.2, 0.25) is 10.0 Å². The molecule has 3 nitrogen and oxygen atoms in total. The summed E-state index contributed by atoms with van der Waals surface area (Å²) in [7, 11) is 0. The maximum absolute atomic E-state index is 10.8. The number of hydrogen-bond donors (Lipinski definition) is 1. The number of aromatic nitrogens is 1. The van der Waals surface area contributed by atoms with Crippen molar-refractivity contribution in [2.24, 2.45) is 0 Å². The molecular weight excluding hydrogens is 355 g/mol. The highest BCUT2D eigenvalue weighted by atomic mass is 35.5. The molecular formula is C20H22Cl2N2O. The normalized spacial score (nSPS) is 22.1. The van der Waals surface area contributed by atoms with Crippen LogP contribution in [-0.4, -0.2) is 40.3 Å². The summed E-state index contributed by atoms with van der Waals surface area (Å²) in [5, 5.41) is 14.4. The standard InChI is InChI=1S/C20H22Cl2N2O/c1-2-8-23-9-7-20(25)19(12-23)24-17-5-3-13(21)10-15(17)16-11-14(22)4-6-18(16)24/h3-6,10-11,19-20,25H,2,7-9,12H2,1H3/t19-,20-/m1/s1. The maximum Gasteiger partial charge on any atom is 0.0772 e. The highest BCUT2D eigenvalue weighted by Gasteiger charge is 2.31. The Morgan fingerprint density at radius 1 is 1.04 bits per heavy atom. The monoisotopic (exact) mass is 376 g/mol. The van der Waals surface area contributed by atoms with Gasteiger partial charge in [0.25, 0.3) is 0 Å². The Balaban J connectivity index is 1.92. The van der Waals surface area contributed by atoms with E-state index in [9.17, 15) is 5.11 Å². The maximum atomic E-state index is 10.8. The summed E-state index contributed by atoms with van der Waals surface area (Å²) in [4.78, 5) is 2.45. The lowest BCUT2D eigenvalue weighted by molar-refractivity contribution is 0.0362.